The lowest BCUT2D eigenvalue weighted by Gasteiger charge is -2.31. The van der Waals surface area contributed by atoms with E-state index in [2.05, 4.69) is 41.1 Å². The molecule has 1 saturated heterocycles. The Bertz CT molecular complexity index is 1010. The molecule has 0 aliphatic carbocycles. The van der Waals surface area contributed by atoms with E-state index in [-0.39, 0.29) is 5.91 Å². The monoisotopic (exact) mass is 488 g/mol. The second-order valence-corrected chi connectivity index (χ2v) is 9.34. The van der Waals surface area contributed by atoms with Crippen LogP contribution < -0.4 is 9.47 Å². The molecule has 30 heavy (non-hydrogen) atoms. The zero-order chi connectivity index (χ0) is 21.1. The molecule has 0 bridgehead atoms. The van der Waals surface area contributed by atoms with Crippen LogP contribution in [0.5, 0.6) is 11.5 Å². The zero-order valence-corrected chi connectivity index (χ0v) is 19.6. The molecule has 158 valence electrons. The number of hydrogen-bond acceptors (Lipinski definition) is 5. The summed E-state index contributed by atoms with van der Waals surface area (Å²) >= 11 is 5.31. The Morgan fingerprint density at radius 2 is 2.03 bits per heavy atom. The first-order valence-corrected chi connectivity index (χ1v) is 11.9. The van der Waals surface area contributed by atoms with Crippen LogP contribution in [0.1, 0.15) is 47.5 Å². The van der Waals surface area contributed by atoms with E-state index < -0.39 is 0 Å². The number of ether oxygens (including phenoxy) is 2. The smallest absolute Gasteiger partial charge is 0.254 e. The van der Waals surface area contributed by atoms with Crippen LogP contribution in [-0.2, 0) is 0 Å². The number of likely N-dealkylation sites (tertiary alicyclic amines) is 1. The van der Waals surface area contributed by atoms with Crippen LogP contribution in [-0.4, -0.2) is 42.6 Å². The molecule has 0 atom stereocenters. The van der Waals surface area contributed by atoms with Gasteiger partial charge < -0.3 is 14.4 Å². The van der Waals surface area contributed by atoms with Gasteiger partial charge in [0.25, 0.3) is 5.91 Å². The number of rotatable bonds is 6. The second kappa shape index (κ2) is 9.35. The minimum atomic E-state index is 0.0267. The summed E-state index contributed by atoms with van der Waals surface area (Å²) < 4.78 is 13.2. The van der Waals surface area contributed by atoms with Crippen LogP contribution in [0.2, 0.25) is 0 Å². The highest BCUT2D eigenvalue weighted by Crippen LogP contribution is 2.38. The molecule has 2 heterocycles. The van der Waals surface area contributed by atoms with E-state index in [1.807, 2.05) is 17.0 Å². The van der Waals surface area contributed by atoms with Crippen LogP contribution in [0.3, 0.4) is 0 Å². The summed E-state index contributed by atoms with van der Waals surface area (Å²) in [4.78, 5) is 19.9. The number of nitrogens with zero attached hydrogens (tertiary/aromatic N) is 2. The summed E-state index contributed by atoms with van der Waals surface area (Å²) in [6.07, 6.45) is 2.77. The van der Waals surface area contributed by atoms with Crippen molar-refractivity contribution in [3.05, 3.63) is 51.4 Å². The van der Waals surface area contributed by atoms with E-state index in [9.17, 15) is 4.79 Å². The third-order valence-electron chi connectivity index (χ3n) is 5.37. The fraction of sp³-hybridized carbons (Fsp3) is 0.391. The maximum absolute atomic E-state index is 13.1. The first-order chi connectivity index (χ1) is 14.6. The first-order valence-electron chi connectivity index (χ1n) is 10.3. The van der Waals surface area contributed by atoms with Gasteiger partial charge in [-0.05, 0) is 59.5 Å². The third kappa shape index (κ3) is 4.32. The van der Waals surface area contributed by atoms with Crippen LogP contribution >= 0.6 is 27.3 Å². The molecule has 1 aliphatic rings. The van der Waals surface area contributed by atoms with Gasteiger partial charge in [-0.25, -0.2) is 4.98 Å². The Labute approximate surface area is 189 Å². The number of amides is 1. The largest absolute Gasteiger partial charge is 0.493 e. The summed E-state index contributed by atoms with van der Waals surface area (Å²) in [6.45, 7) is 4.11. The van der Waals surface area contributed by atoms with Gasteiger partial charge in [0.15, 0.2) is 11.5 Å². The predicted octanol–water partition coefficient (Wildman–Crippen LogP) is 5.88. The van der Waals surface area contributed by atoms with E-state index >= 15 is 0 Å². The molecule has 0 unspecified atom stereocenters. The van der Waals surface area contributed by atoms with Crippen LogP contribution in [0, 0.1) is 0 Å². The lowest BCUT2D eigenvalue weighted by Crippen LogP contribution is -2.37. The minimum Gasteiger partial charge on any atom is -0.493 e. The van der Waals surface area contributed by atoms with Gasteiger partial charge in [-0.2, -0.15) is 0 Å². The Kier molecular flexibility index (Phi) is 6.58. The summed E-state index contributed by atoms with van der Waals surface area (Å²) in [6, 6.07) is 11.9. The van der Waals surface area contributed by atoms with Crippen molar-refractivity contribution in [2.24, 2.45) is 0 Å². The van der Waals surface area contributed by atoms with Gasteiger partial charge in [0.1, 0.15) is 0 Å². The molecular formula is C23H25BrN2O3S. The molecule has 7 heteroatoms. The van der Waals surface area contributed by atoms with Crippen LogP contribution in [0.15, 0.2) is 40.9 Å². The average molecular weight is 489 g/mol. The highest BCUT2D eigenvalue weighted by Gasteiger charge is 2.27. The summed E-state index contributed by atoms with van der Waals surface area (Å²) in [7, 11) is 1.60. The summed E-state index contributed by atoms with van der Waals surface area (Å²) in [5, 5.41) is 1.19. The molecule has 5 nitrogen and oxygen atoms in total. The maximum atomic E-state index is 13.1. The van der Waals surface area contributed by atoms with Crippen molar-refractivity contribution in [3.63, 3.8) is 0 Å². The number of thiazole rings is 1. The number of benzene rings is 2. The Hall–Kier alpha value is -2.12. The molecule has 1 aromatic heterocycles. The van der Waals surface area contributed by atoms with Gasteiger partial charge in [0, 0.05) is 24.6 Å². The molecular weight excluding hydrogens is 464 g/mol. The normalized spacial score (nSPS) is 14.8. The van der Waals surface area contributed by atoms with Gasteiger partial charge in [0.05, 0.1) is 33.4 Å². The Balaban J connectivity index is 1.45. The van der Waals surface area contributed by atoms with Gasteiger partial charge in [-0.3, -0.25) is 4.79 Å². The third-order valence-corrected chi connectivity index (χ3v) is 7.16. The van der Waals surface area contributed by atoms with Crippen molar-refractivity contribution in [2.45, 2.75) is 32.1 Å². The SMILES string of the molecule is CCCOc1c(Br)cc(C(=O)N2CCC(c3nc4ccccc4s3)CC2)cc1OC. The van der Waals surface area contributed by atoms with Crippen molar-refractivity contribution in [1.29, 1.82) is 0 Å². The first kappa shape index (κ1) is 21.1. The number of carbonyl (C=O) groups is 1. The lowest BCUT2D eigenvalue weighted by atomic mass is 9.97. The fourth-order valence-corrected chi connectivity index (χ4v) is 5.46. The summed E-state index contributed by atoms with van der Waals surface area (Å²) in [5.74, 6) is 1.66. The lowest BCUT2D eigenvalue weighted by molar-refractivity contribution is 0.0712. The van der Waals surface area contributed by atoms with Gasteiger partial charge >= 0.3 is 0 Å². The number of piperidine rings is 1. The molecule has 1 aliphatic heterocycles. The Morgan fingerprint density at radius 3 is 2.73 bits per heavy atom. The number of aromatic nitrogens is 1. The topological polar surface area (TPSA) is 51.7 Å². The molecule has 0 spiro atoms. The van der Waals surface area contributed by atoms with Crippen molar-refractivity contribution in [2.75, 3.05) is 26.8 Å². The number of carbonyl (C=O) groups excluding carboxylic acids is 1. The highest BCUT2D eigenvalue weighted by atomic mass is 79.9. The molecule has 0 N–H and O–H groups in total. The average Bonchev–Trinajstić information content (AvgIpc) is 3.21. The molecule has 1 fully saturated rings. The van der Waals surface area contributed by atoms with E-state index in [0.717, 1.165) is 42.3 Å². The van der Waals surface area contributed by atoms with E-state index in [1.54, 1.807) is 24.5 Å². The Morgan fingerprint density at radius 1 is 1.27 bits per heavy atom. The van der Waals surface area contributed by atoms with Crippen LogP contribution in [0.25, 0.3) is 10.2 Å². The number of hydrogen-bond donors (Lipinski definition) is 0. The maximum Gasteiger partial charge on any atom is 0.254 e. The molecule has 0 saturated carbocycles. The van der Waals surface area contributed by atoms with E-state index in [1.165, 1.54) is 9.71 Å². The van der Waals surface area contributed by atoms with Crippen LogP contribution in [0.4, 0.5) is 0 Å². The van der Waals surface area contributed by atoms with Gasteiger partial charge in [-0.1, -0.05) is 19.1 Å². The number of methoxy groups -OCH3 is 1. The van der Waals surface area contributed by atoms with Crippen molar-refractivity contribution in [3.8, 4) is 11.5 Å². The number of fused-ring (bicyclic) bond motifs is 1. The highest BCUT2D eigenvalue weighted by molar-refractivity contribution is 9.10. The predicted molar refractivity (Wildman–Crippen MR) is 124 cm³/mol. The van der Waals surface area contributed by atoms with Crippen molar-refractivity contribution < 1.29 is 14.3 Å². The second-order valence-electron chi connectivity index (χ2n) is 7.42. The zero-order valence-electron chi connectivity index (χ0n) is 17.2. The van der Waals surface area contributed by atoms with Gasteiger partial charge in [-0.15, -0.1) is 11.3 Å². The molecule has 3 aromatic rings. The number of para-hydroxylation sites is 1. The van der Waals surface area contributed by atoms with Crippen molar-refractivity contribution in [1.82, 2.24) is 9.88 Å². The standard InChI is InChI=1S/C23H25BrN2O3S/c1-3-12-29-21-17(24)13-16(14-19(21)28-2)23(27)26-10-8-15(9-11-26)22-25-18-6-4-5-7-20(18)30-22/h4-7,13-15H,3,8-12H2,1-2H3. The molecule has 2 aromatic carbocycles. The minimum absolute atomic E-state index is 0.0267. The van der Waals surface area contributed by atoms with Gasteiger partial charge in [0.2, 0.25) is 0 Å². The molecule has 1 amide bonds. The number of halogens is 1. The quantitative estimate of drug-likeness (QED) is 0.434. The summed E-state index contributed by atoms with van der Waals surface area (Å²) in [5.41, 5.74) is 1.68. The van der Waals surface area contributed by atoms with Crippen molar-refractivity contribution >= 4 is 43.4 Å². The molecule has 4 rings (SSSR count). The van der Waals surface area contributed by atoms with E-state index in [0.29, 0.717) is 29.6 Å². The fourth-order valence-electron chi connectivity index (χ4n) is 3.76. The molecule has 0 radical (unpaired) electrons. The van der Waals surface area contributed by atoms with E-state index in [4.69, 9.17) is 14.5 Å².